The summed E-state index contributed by atoms with van der Waals surface area (Å²) in [6.45, 7) is 0. The predicted octanol–water partition coefficient (Wildman–Crippen LogP) is 5.46. The molecule has 0 spiro atoms. The van der Waals surface area contributed by atoms with Crippen LogP contribution in [0.15, 0.2) is 34.8 Å². The van der Waals surface area contributed by atoms with Crippen LogP contribution in [0.5, 0.6) is 0 Å². The highest BCUT2D eigenvalue weighted by atomic mass is 79.9. The zero-order chi connectivity index (χ0) is 15.1. The molecule has 21 heavy (non-hydrogen) atoms. The van der Waals surface area contributed by atoms with Crippen molar-refractivity contribution in [1.82, 2.24) is 9.55 Å². The average Bonchev–Trinajstić information content (AvgIpc) is 2.75. The van der Waals surface area contributed by atoms with Crippen molar-refractivity contribution in [1.29, 1.82) is 0 Å². The predicted molar refractivity (Wildman–Crippen MR) is 83.3 cm³/mol. The maximum absolute atomic E-state index is 13.6. The molecule has 2 aromatic carbocycles. The van der Waals surface area contributed by atoms with Crippen LogP contribution in [0.4, 0.5) is 8.78 Å². The molecule has 0 fully saturated rings. The molecular weight excluding hydrogens is 385 g/mol. The van der Waals surface area contributed by atoms with E-state index in [1.807, 2.05) is 0 Å². The minimum absolute atomic E-state index is 0.0993. The van der Waals surface area contributed by atoms with Gasteiger partial charge in [0.25, 0.3) is 0 Å². The van der Waals surface area contributed by atoms with Gasteiger partial charge in [-0.1, -0.05) is 11.6 Å². The van der Waals surface area contributed by atoms with Gasteiger partial charge >= 0.3 is 0 Å². The smallest absolute Gasteiger partial charge is 0.139 e. The Labute approximate surface area is 137 Å². The first-order valence-corrected chi connectivity index (χ1v) is 7.59. The molecular formula is C14H7BrCl2F2N2. The number of halogens is 5. The molecule has 2 nitrogen and oxygen atoms in total. The number of fused-ring (bicyclic) bond motifs is 1. The molecule has 3 rings (SSSR count). The molecule has 1 aromatic heterocycles. The van der Waals surface area contributed by atoms with Gasteiger partial charge < -0.3 is 0 Å². The summed E-state index contributed by atoms with van der Waals surface area (Å²) in [5, 5.41) is 0.258. The lowest BCUT2D eigenvalue weighted by molar-refractivity contribution is 0.622. The van der Waals surface area contributed by atoms with E-state index in [-0.39, 0.29) is 10.9 Å². The van der Waals surface area contributed by atoms with E-state index in [2.05, 4.69) is 20.9 Å². The summed E-state index contributed by atoms with van der Waals surface area (Å²) in [6, 6.07) is 7.00. The molecule has 0 saturated carbocycles. The Bertz CT molecular complexity index is 828. The van der Waals surface area contributed by atoms with E-state index in [1.165, 1.54) is 18.2 Å². The topological polar surface area (TPSA) is 17.8 Å². The summed E-state index contributed by atoms with van der Waals surface area (Å²) < 4.78 is 29.1. The fourth-order valence-electron chi connectivity index (χ4n) is 2.17. The maximum atomic E-state index is 13.6. The number of imidazole rings is 1. The molecule has 0 N–H and O–H groups in total. The molecule has 0 aliphatic heterocycles. The van der Waals surface area contributed by atoms with Gasteiger partial charge in [-0.25, -0.2) is 13.8 Å². The van der Waals surface area contributed by atoms with Gasteiger partial charge in [-0.3, -0.25) is 4.57 Å². The molecule has 0 unspecified atom stereocenters. The van der Waals surface area contributed by atoms with Crippen LogP contribution in [0.2, 0.25) is 5.02 Å². The van der Waals surface area contributed by atoms with Gasteiger partial charge in [-0.2, -0.15) is 0 Å². The van der Waals surface area contributed by atoms with Gasteiger partial charge in [0.2, 0.25) is 0 Å². The molecule has 0 atom stereocenters. The fraction of sp³-hybridized carbons (Fsp3) is 0.0714. The number of hydrogen-bond acceptors (Lipinski definition) is 1. The highest BCUT2D eigenvalue weighted by Gasteiger charge is 2.15. The van der Waals surface area contributed by atoms with Crippen LogP contribution < -0.4 is 0 Å². The molecule has 0 bridgehead atoms. The van der Waals surface area contributed by atoms with Crippen molar-refractivity contribution in [3.05, 3.63) is 57.3 Å². The van der Waals surface area contributed by atoms with E-state index in [1.54, 1.807) is 16.7 Å². The lowest BCUT2D eigenvalue weighted by atomic mass is 10.2. The van der Waals surface area contributed by atoms with Gasteiger partial charge in [-0.05, 0) is 40.2 Å². The summed E-state index contributed by atoms with van der Waals surface area (Å²) in [5.74, 6) is -0.320. The lowest BCUT2D eigenvalue weighted by Crippen LogP contribution is -2.00. The summed E-state index contributed by atoms with van der Waals surface area (Å²) in [6.07, 6.45) is 0. The van der Waals surface area contributed by atoms with Gasteiger partial charge in [0.1, 0.15) is 17.5 Å². The Hall–Kier alpha value is -1.17. The van der Waals surface area contributed by atoms with E-state index in [0.29, 0.717) is 27.0 Å². The van der Waals surface area contributed by atoms with Crippen molar-refractivity contribution >= 4 is 50.2 Å². The molecule has 3 aromatic rings. The van der Waals surface area contributed by atoms with Crippen LogP contribution in [-0.2, 0) is 5.88 Å². The van der Waals surface area contributed by atoms with E-state index < -0.39 is 11.6 Å². The Morgan fingerprint density at radius 3 is 2.57 bits per heavy atom. The number of aromatic nitrogens is 2. The number of hydrogen-bond donors (Lipinski definition) is 0. The minimum Gasteiger partial charge on any atom is -0.295 e. The summed E-state index contributed by atoms with van der Waals surface area (Å²) in [4.78, 5) is 4.27. The summed E-state index contributed by atoms with van der Waals surface area (Å²) >= 11 is 14.9. The van der Waals surface area contributed by atoms with Gasteiger partial charge in [0, 0.05) is 11.1 Å². The molecule has 0 saturated heterocycles. The summed E-state index contributed by atoms with van der Waals surface area (Å²) in [5.41, 5.74) is 1.53. The first kappa shape index (κ1) is 14.8. The van der Waals surface area contributed by atoms with Crippen LogP contribution in [-0.4, -0.2) is 9.55 Å². The zero-order valence-corrected chi connectivity index (χ0v) is 13.5. The number of rotatable bonds is 2. The maximum Gasteiger partial charge on any atom is 0.139 e. The van der Waals surface area contributed by atoms with Crippen molar-refractivity contribution in [2.24, 2.45) is 0 Å². The molecule has 0 amide bonds. The number of benzene rings is 2. The first-order valence-electron chi connectivity index (χ1n) is 5.88. The Morgan fingerprint density at radius 1 is 1.14 bits per heavy atom. The van der Waals surface area contributed by atoms with Crippen LogP contribution in [0.3, 0.4) is 0 Å². The molecule has 0 radical (unpaired) electrons. The third kappa shape index (κ3) is 2.65. The van der Waals surface area contributed by atoms with Gasteiger partial charge in [0.15, 0.2) is 0 Å². The normalized spacial score (nSPS) is 11.3. The quantitative estimate of drug-likeness (QED) is 0.530. The second kappa shape index (κ2) is 5.55. The van der Waals surface area contributed by atoms with Gasteiger partial charge in [-0.15, -0.1) is 11.6 Å². The van der Waals surface area contributed by atoms with Crippen molar-refractivity contribution in [3.8, 4) is 5.69 Å². The lowest BCUT2D eigenvalue weighted by Gasteiger charge is -2.09. The van der Waals surface area contributed by atoms with Crippen molar-refractivity contribution in [3.63, 3.8) is 0 Å². The molecule has 0 aliphatic rings. The van der Waals surface area contributed by atoms with Crippen LogP contribution >= 0.6 is 39.1 Å². The Morgan fingerprint density at radius 2 is 1.90 bits per heavy atom. The van der Waals surface area contributed by atoms with Crippen LogP contribution in [0.25, 0.3) is 16.7 Å². The first-order chi connectivity index (χ1) is 9.99. The Balaban J connectivity index is 2.36. The standard InChI is InChI=1S/C14H7BrCl2F2N2/c15-10-4-13-12(5-11(10)19)20-14(6-16)21(13)9-2-7(17)1-8(18)3-9/h1-5H,6H2. The van der Waals surface area contributed by atoms with Crippen molar-refractivity contribution < 1.29 is 8.78 Å². The molecule has 0 aliphatic carbocycles. The largest absolute Gasteiger partial charge is 0.295 e. The van der Waals surface area contributed by atoms with Gasteiger partial charge in [0.05, 0.1) is 27.1 Å². The average molecular weight is 392 g/mol. The second-order valence-electron chi connectivity index (χ2n) is 4.38. The van der Waals surface area contributed by atoms with E-state index in [4.69, 9.17) is 23.2 Å². The van der Waals surface area contributed by atoms with E-state index in [9.17, 15) is 8.78 Å². The number of alkyl halides is 1. The zero-order valence-electron chi connectivity index (χ0n) is 10.4. The summed E-state index contributed by atoms with van der Waals surface area (Å²) in [7, 11) is 0. The van der Waals surface area contributed by atoms with Crippen molar-refractivity contribution in [2.45, 2.75) is 5.88 Å². The van der Waals surface area contributed by atoms with Crippen LogP contribution in [0.1, 0.15) is 5.82 Å². The fourth-order valence-corrected chi connectivity index (χ4v) is 2.90. The third-order valence-electron chi connectivity index (χ3n) is 2.99. The van der Waals surface area contributed by atoms with Crippen LogP contribution in [0, 0.1) is 11.6 Å². The van der Waals surface area contributed by atoms with E-state index >= 15 is 0 Å². The van der Waals surface area contributed by atoms with Crippen molar-refractivity contribution in [2.75, 3.05) is 0 Å². The second-order valence-corrected chi connectivity index (χ2v) is 5.94. The minimum atomic E-state index is -0.471. The molecule has 1 heterocycles. The van der Waals surface area contributed by atoms with E-state index in [0.717, 1.165) is 0 Å². The Kier molecular flexibility index (Phi) is 3.90. The highest BCUT2D eigenvalue weighted by Crippen LogP contribution is 2.29. The third-order valence-corrected chi connectivity index (χ3v) is 4.06. The number of nitrogens with zero attached hydrogens (tertiary/aromatic N) is 2. The molecule has 7 heteroatoms. The monoisotopic (exact) mass is 390 g/mol. The highest BCUT2D eigenvalue weighted by molar-refractivity contribution is 9.10. The SMILES string of the molecule is Fc1cc(Cl)cc(-n2c(CCl)nc3cc(F)c(Br)cc32)c1. The molecule has 108 valence electrons.